The van der Waals surface area contributed by atoms with Gasteiger partial charge in [0.1, 0.15) is 5.75 Å². The molecule has 130 valence electrons. The maximum absolute atomic E-state index is 12.3. The van der Waals surface area contributed by atoms with Gasteiger partial charge in [-0.2, -0.15) is 0 Å². The number of hydrogen-bond acceptors (Lipinski definition) is 4. The molecule has 0 fully saturated rings. The topological polar surface area (TPSA) is 91.3 Å². The van der Waals surface area contributed by atoms with Gasteiger partial charge in [-0.05, 0) is 55.0 Å². The molecule has 6 heteroatoms. The highest BCUT2D eigenvalue weighted by molar-refractivity contribution is 6.06. The van der Waals surface area contributed by atoms with E-state index >= 15 is 0 Å². The second-order valence-electron chi connectivity index (χ2n) is 5.73. The molecule has 0 spiro atoms. The summed E-state index contributed by atoms with van der Waals surface area (Å²) in [5, 5.41) is 15.3. The van der Waals surface area contributed by atoms with E-state index in [0.717, 1.165) is 0 Å². The first-order chi connectivity index (χ1) is 12.5. The summed E-state index contributed by atoms with van der Waals surface area (Å²) >= 11 is 0. The highest BCUT2D eigenvalue weighted by atomic mass is 16.3. The van der Waals surface area contributed by atoms with Gasteiger partial charge in [-0.1, -0.05) is 12.1 Å². The number of carbonyl (C=O) groups excluding carboxylic acids is 2. The van der Waals surface area contributed by atoms with Crippen molar-refractivity contribution in [2.45, 2.75) is 6.92 Å². The summed E-state index contributed by atoms with van der Waals surface area (Å²) in [7, 11) is 0. The molecule has 0 unspecified atom stereocenters. The molecule has 0 saturated carbocycles. The minimum absolute atomic E-state index is 0.0658. The largest absolute Gasteiger partial charge is 0.508 e. The molecular weight excluding hydrogens is 330 g/mol. The number of aromatic hydroxyl groups is 1. The molecule has 3 rings (SSSR count). The molecule has 0 bridgehead atoms. The third-order valence-corrected chi connectivity index (χ3v) is 3.79. The van der Waals surface area contributed by atoms with E-state index in [4.69, 9.17) is 0 Å². The summed E-state index contributed by atoms with van der Waals surface area (Å²) in [6.45, 7) is 1.76. The zero-order chi connectivity index (χ0) is 18.5. The molecule has 0 saturated heterocycles. The second-order valence-corrected chi connectivity index (χ2v) is 5.73. The van der Waals surface area contributed by atoms with E-state index in [-0.39, 0.29) is 17.6 Å². The molecule has 26 heavy (non-hydrogen) atoms. The molecule has 3 N–H and O–H groups in total. The Balaban J connectivity index is 1.72. The molecule has 0 radical (unpaired) electrons. The number of aromatic nitrogens is 1. The van der Waals surface area contributed by atoms with Crippen molar-refractivity contribution in [1.29, 1.82) is 0 Å². The fraction of sp³-hybridized carbons (Fsp3) is 0.0500. The zero-order valence-corrected chi connectivity index (χ0v) is 14.1. The van der Waals surface area contributed by atoms with Gasteiger partial charge >= 0.3 is 0 Å². The molecule has 0 aliphatic rings. The summed E-state index contributed by atoms with van der Waals surface area (Å²) in [4.78, 5) is 28.4. The summed E-state index contributed by atoms with van der Waals surface area (Å²) < 4.78 is 0. The third kappa shape index (κ3) is 4.05. The number of aryl methyl sites for hydroxylation is 1. The van der Waals surface area contributed by atoms with Crippen molar-refractivity contribution in [3.05, 3.63) is 83.7 Å². The lowest BCUT2D eigenvalue weighted by Crippen LogP contribution is -2.14. The van der Waals surface area contributed by atoms with Crippen molar-refractivity contribution in [1.82, 2.24) is 4.98 Å². The van der Waals surface area contributed by atoms with Gasteiger partial charge in [0.25, 0.3) is 11.8 Å². The molecule has 0 aliphatic carbocycles. The number of carbonyl (C=O) groups is 2. The van der Waals surface area contributed by atoms with Crippen LogP contribution in [0, 0.1) is 6.92 Å². The monoisotopic (exact) mass is 347 g/mol. The number of nitrogens with zero attached hydrogens (tertiary/aromatic N) is 1. The first-order valence-electron chi connectivity index (χ1n) is 7.95. The lowest BCUT2D eigenvalue weighted by Gasteiger charge is -2.09. The first-order valence-corrected chi connectivity index (χ1v) is 7.95. The molecule has 2 aromatic carbocycles. The Kier molecular flexibility index (Phi) is 4.94. The van der Waals surface area contributed by atoms with Crippen molar-refractivity contribution in [3.63, 3.8) is 0 Å². The van der Waals surface area contributed by atoms with Crippen LogP contribution in [-0.4, -0.2) is 21.9 Å². The summed E-state index contributed by atoms with van der Waals surface area (Å²) in [6, 6.07) is 14.8. The van der Waals surface area contributed by atoms with Crippen molar-refractivity contribution in [3.8, 4) is 5.75 Å². The van der Waals surface area contributed by atoms with E-state index in [2.05, 4.69) is 15.6 Å². The summed E-state index contributed by atoms with van der Waals surface area (Å²) in [5.41, 5.74) is 2.62. The number of amides is 2. The van der Waals surface area contributed by atoms with Crippen molar-refractivity contribution >= 4 is 23.2 Å². The molecule has 1 aromatic heterocycles. The van der Waals surface area contributed by atoms with Crippen molar-refractivity contribution in [2.75, 3.05) is 10.6 Å². The van der Waals surface area contributed by atoms with E-state index in [9.17, 15) is 14.7 Å². The van der Waals surface area contributed by atoms with Gasteiger partial charge in [0.2, 0.25) is 0 Å². The molecule has 6 nitrogen and oxygen atoms in total. The standard InChI is InChI=1S/C20H17N3O3/c1-13-5-6-15(11-18(13)24)20(26)23-17-4-2-3-16(12-17)22-19(25)14-7-9-21-10-8-14/h2-12,24H,1H3,(H,22,25)(H,23,26). The lowest BCUT2D eigenvalue weighted by molar-refractivity contribution is 0.101. The van der Waals surface area contributed by atoms with Crippen LogP contribution in [0.5, 0.6) is 5.75 Å². The summed E-state index contributed by atoms with van der Waals surface area (Å²) in [5.74, 6) is -0.548. The van der Waals surface area contributed by atoms with E-state index < -0.39 is 0 Å². The van der Waals surface area contributed by atoms with Crippen LogP contribution < -0.4 is 10.6 Å². The molecule has 1 heterocycles. The van der Waals surface area contributed by atoms with Crippen molar-refractivity contribution in [2.24, 2.45) is 0 Å². The number of phenols is 1. The fourth-order valence-electron chi connectivity index (χ4n) is 2.34. The van der Waals surface area contributed by atoms with Crippen LogP contribution in [0.25, 0.3) is 0 Å². The number of rotatable bonds is 4. The predicted octanol–water partition coefficient (Wildman–Crippen LogP) is 3.60. The minimum atomic E-state index is -0.349. The average molecular weight is 347 g/mol. The van der Waals surface area contributed by atoms with E-state index in [0.29, 0.717) is 28.1 Å². The Hall–Kier alpha value is -3.67. The van der Waals surface area contributed by atoms with Gasteiger partial charge in [0, 0.05) is 34.9 Å². The van der Waals surface area contributed by atoms with Gasteiger partial charge in [-0.25, -0.2) is 0 Å². The normalized spacial score (nSPS) is 10.2. The number of nitrogens with one attached hydrogen (secondary N) is 2. The van der Waals surface area contributed by atoms with Crippen LogP contribution in [0.1, 0.15) is 26.3 Å². The Morgan fingerprint density at radius 3 is 2.08 bits per heavy atom. The van der Waals surface area contributed by atoms with Gasteiger partial charge in [0.05, 0.1) is 0 Å². The summed E-state index contributed by atoms with van der Waals surface area (Å²) in [6.07, 6.45) is 3.09. The highest BCUT2D eigenvalue weighted by Crippen LogP contribution is 2.20. The molecule has 2 amide bonds. The van der Waals surface area contributed by atoms with Crippen LogP contribution in [0.15, 0.2) is 67.0 Å². The minimum Gasteiger partial charge on any atom is -0.508 e. The van der Waals surface area contributed by atoms with Crippen molar-refractivity contribution < 1.29 is 14.7 Å². The molecule has 3 aromatic rings. The second kappa shape index (κ2) is 7.48. The Bertz CT molecular complexity index is 956. The Morgan fingerprint density at radius 2 is 1.46 bits per heavy atom. The quantitative estimate of drug-likeness (QED) is 0.672. The number of pyridine rings is 1. The molecular formula is C20H17N3O3. The van der Waals surface area contributed by atoms with Crippen LogP contribution in [0.2, 0.25) is 0 Å². The Morgan fingerprint density at radius 1 is 0.846 bits per heavy atom. The van der Waals surface area contributed by atoms with Gasteiger partial charge in [0.15, 0.2) is 0 Å². The van der Waals surface area contributed by atoms with Crippen LogP contribution in [0.3, 0.4) is 0 Å². The first kappa shape index (κ1) is 17.2. The van der Waals surface area contributed by atoms with Gasteiger partial charge in [-0.3, -0.25) is 14.6 Å². The van der Waals surface area contributed by atoms with E-state index in [1.807, 2.05) is 0 Å². The number of anilines is 2. The molecule has 0 atom stereocenters. The maximum atomic E-state index is 12.3. The average Bonchev–Trinajstić information content (AvgIpc) is 2.65. The maximum Gasteiger partial charge on any atom is 0.255 e. The van der Waals surface area contributed by atoms with Gasteiger partial charge in [-0.15, -0.1) is 0 Å². The lowest BCUT2D eigenvalue weighted by atomic mass is 10.1. The number of phenolic OH excluding ortho intramolecular Hbond substituents is 1. The number of hydrogen-bond donors (Lipinski definition) is 3. The van der Waals surface area contributed by atoms with Gasteiger partial charge < -0.3 is 15.7 Å². The fourth-order valence-corrected chi connectivity index (χ4v) is 2.34. The molecule has 0 aliphatic heterocycles. The highest BCUT2D eigenvalue weighted by Gasteiger charge is 2.10. The third-order valence-electron chi connectivity index (χ3n) is 3.79. The number of benzene rings is 2. The van der Waals surface area contributed by atoms with Crippen LogP contribution >= 0.6 is 0 Å². The Labute approximate surface area is 150 Å². The van der Waals surface area contributed by atoms with Crippen LogP contribution in [-0.2, 0) is 0 Å². The van der Waals surface area contributed by atoms with E-state index in [1.54, 1.807) is 67.8 Å². The predicted molar refractivity (Wildman–Crippen MR) is 99.4 cm³/mol. The SMILES string of the molecule is Cc1ccc(C(=O)Nc2cccc(NC(=O)c3ccncc3)c2)cc1O. The smallest absolute Gasteiger partial charge is 0.255 e. The zero-order valence-electron chi connectivity index (χ0n) is 14.1. The van der Waals surface area contributed by atoms with Crippen LogP contribution in [0.4, 0.5) is 11.4 Å². The van der Waals surface area contributed by atoms with E-state index in [1.165, 1.54) is 6.07 Å².